The fourth-order valence-electron chi connectivity index (χ4n) is 2.42. The van der Waals surface area contributed by atoms with Crippen molar-refractivity contribution < 1.29 is 13.2 Å². The second-order valence-electron chi connectivity index (χ2n) is 5.50. The average Bonchev–Trinajstić information content (AvgIpc) is 2.36. The summed E-state index contributed by atoms with van der Waals surface area (Å²) >= 11 is 0. The fourth-order valence-corrected chi connectivity index (χ4v) is 4.19. The molecular formula is C12H20N4O3S. The Kier molecular flexibility index (Phi) is 4.01. The molecule has 1 aromatic heterocycles. The maximum atomic E-state index is 12.7. The lowest BCUT2D eigenvalue weighted by Gasteiger charge is -2.40. The summed E-state index contributed by atoms with van der Waals surface area (Å²) in [5.41, 5.74) is 2.20. The van der Waals surface area contributed by atoms with Gasteiger partial charge in [0.15, 0.2) is 0 Å². The number of aromatic nitrogens is 1. The summed E-state index contributed by atoms with van der Waals surface area (Å²) < 4.78 is 32.6. The highest BCUT2D eigenvalue weighted by Crippen LogP contribution is 2.28. The second kappa shape index (κ2) is 5.28. The minimum Gasteiger partial charge on any atom is -0.370 e. The molecule has 20 heavy (non-hydrogen) atoms. The van der Waals surface area contributed by atoms with Crippen molar-refractivity contribution in [1.29, 1.82) is 0 Å². The molecule has 2 rings (SSSR count). The Morgan fingerprint density at radius 2 is 2.25 bits per heavy atom. The first-order valence-corrected chi connectivity index (χ1v) is 7.79. The molecule has 0 saturated carbocycles. The van der Waals surface area contributed by atoms with Gasteiger partial charge in [-0.15, -0.1) is 0 Å². The molecule has 8 heteroatoms. The summed E-state index contributed by atoms with van der Waals surface area (Å²) in [6.45, 7) is 6.20. The van der Waals surface area contributed by atoms with E-state index in [1.165, 1.54) is 22.8 Å². The zero-order valence-corrected chi connectivity index (χ0v) is 12.6. The number of nitrogen functional groups attached to an aromatic ring is 1. The molecule has 2 heterocycles. The van der Waals surface area contributed by atoms with E-state index < -0.39 is 15.6 Å². The van der Waals surface area contributed by atoms with Gasteiger partial charge in [0.2, 0.25) is 10.0 Å². The summed E-state index contributed by atoms with van der Waals surface area (Å²) in [5.74, 6) is 5.37. The van der Waals surface area contributed by atoms with Gasteiger partial charge in [0, 0.05) is 25.5 Å². The zero-order valence-electron chi connectivity index (χ0n) is 11.8. The van der Waals surface area contributed by atoms with Crippen LogP contribution in [0.15, 0.2) is 23.4 Å². The predicted molar refractivity (Wildman–Crippen MR) is 75.4 cm³/mol. The van der Waals surface area contributed by atoms with Crippen LogP contribution in [0.3, 0.4) is 0 Å². The number of rotatable bonds is 3. The number of nitrogens with two attached hydrogens (primary N) is 1. The summed E-state index contributed by atoms with van der Waals surface area (Å²) in [6.07, 6.45) is 2.62. The van der Waals surface area contributed by atoms with Gasteiger partial charge in [-0.3, -0.25) is 10.8 Å². The number of sulfonamides is 1. The average molecular weight is 300 g/mol. The Balaban J connectivity index is 2.39. The maximum absolute atomic E-state index is 12.7. The zero-order chi connectivity index (χ0) is 15.0. The molecule has 1 aliphatic heterocycles. The minimum atomic E-state index is -3.66. The Bertz CT molecular complexity index is 588. The molecule has 0 amide bonds. The number of hydrogen-bond donors (Lipinski definition) is 2. The fraction of sp³-hybridized carbons (Fsp3) is 0.583. The van der Waals surface area contributed by atoms with Crippen LogP contribution in [-0.4, -0.2) is 42.5 Å². The molecule has 1 unspecified atom stereocenters. The van der Waals surface area contributed by atoms with E-state index in [4.69, 9.17) is 10.6 Å². The first kappa shape index (κ1) is 15.2. The maximum Gasteiger partial charge on any atom is 0.246 e. The van der Waals surface area contributed by atoms with Crippen LogP contribution in [0, 0.1) is 0 Å². The van der Waals surface area contributed by atoms with Gasteiger partial charge in [0.1, 0.15) is 4.90 Å². The standard InChI is InChI=1S/C12H20N4O3S/c1-9-7-16(8-12(2,3)19-9)20(17,18)11-6-14-5-4-10(11)15-13/h4-6,9H,7-8,13H2,1-3H3,(H,14,15). The van der Waals surface area contributed by atoms with Crippen molar-refractivity contribution in [3.05, 3.63) is 18.5 Å². The van der Waals surface area contributed by atoms with Gasteiger partial charge in [0.25, 0.3) is 0 Å². The van der Waals surface area contributed by atoms with Crippen molar-refractivity contribution >= 4 is 15.7 Å². The second-order valence-corrected chi connectivity index (χ2v) is 7.41. The van der Waals surface area contributed by atoms with Crippen molar-refractivity contribution in [2.75, 3.05) is 18.5 Å². The Morgan fingerprint density at radius 1 is 1.55 bits per heavy atom. The third-order valence-corrected chi connectivity index (χ3v) is 4.94. The highest BCUT2D eigenvalue weighted by Gasteiger charge is 2.38. The van der Waals surface area contributed by atoms with Gasteiger partial charge in [-0.2, -0.15) is 4.31 Å². The third kappa shape index (κ3) is 2.93. The lowest BCUT2D eigenvalue weighted by molar-refractivity contribution is -0.109. The van der Waals surface area contributed by atoms with E-state index in [-0.39, 0.29) is 11.0 Å². The first-order valence-electron chi connectivity index (χ1n) is 6.35. The van der Waals surface area contributed by atoms with Crippen molar-refractivity contribution in [3.8, 4) is 0 Å². The molecule has 1 aliphatic rings. The molecule has 1 saturated heterocycles. The van der Waals surface area contributed by atoms with E-state index in [2.05, 4.69) is 10.4 Å². The van der Waals surface area contributed by atoms with Gasteiger partial charge in [0.05, 0.1) is 17.4 Å². The van der Waals surface area contributed by atoms with Crippen molar-refractivity contribution in [1.82, 2.24) is 9.29 Å². The number of hydrogen-bond acceptors (Lipinski definition) is 6. The summed E-state index contributed by atoms with van der Waals surface area (Å²) in [5, 5.41) is 0. The van der Waals surface area contributed by atoms with Crippen LogP contribution in [0.1, 0.15) is 20.8 Å². The summed E-state index contributed by atoms with van der Waals surface area (Å²) in [4.78, 5) is 3.95. The Morgan fingerprint density at radius 3 is 2.85 bits per heavy atom. The van der Waals surface area contributed by atoms with Gasteiger partial charge in [-0.05, 0) is 26.8 Å². The van der Waals surface area contributed by atoms with Crippen LogP contribution in [0.2, 0.25) is 0 Å². The van der Waals surface area contributed by atoms with Crippen LogP contribution >= 0.6 is 0 Å². The van der Waals surface area contributed by atoms with Gasteiger partial charge < -0.3 is 10.2 Å². The molecular weight excluding hydrogens is 280 g/mol. The van der Waals surface area contributed by atoms with E-state index >= 15 is 0 Å². The van der Waals surface area contributed by atoms with E-state index in [1.807, 2.05) is 20.8 Å². The van der Waals surface area contributed by atoms with E-state index in [0.717, 1.165) is 0 Å². The predicted octanol–water partition coefficient (Wildman–Crippen LogP) is 0.555. The topological polar surface area (TPSA) is 97.6 Å². The van der Waals surface area contributed by atoms with Crippen molar-refractivity contribution in [2.45, 2.75) is 37.4 Å². The van der Waals surface area contributed by atoms with Gasteiger partial charge in [-0.25, -0.2) is 8.42 Å². The number of ether oxygens (including phenoxy) is 1. The van der Waals surface area contributed by atoms with E-state index in [1.54, 1.807) is 0 Å². The first-order chi connectivity index (χ1) is 9.26. The molecule has 0 spiro atoms. The van der Waals surface area contributed by atoms with Crippen LogP contribution in [0.4, 0.5) is 5.69 Å². The number of nitrogens with one attached hydrogen (secondary N) is 1. The number of nitrogens with zero attached hydrogens (tertiary/aromatic N) is 2. The summed E-state index contributed by atoms with van der Waals surface area (Å²) in [6, 6.07) is 1.53. The van der Waals surface area contributed by atoms with Crippen LogP contribution in [0.5, 0.6) is 0 Å². The largest absolute Gasteiger partial charge is 0.370 e. The van der Waals surface area contributed by atoms with Crippen LogP contribution in [0.25, 0.3) is 0 Å². The SMILES string of the molecule is CC1CN(S(=O)(=O)c2cnccc2NN)CC(C)(C)O1. The molecule has 112 valence electrons. The Hall–Kier alpha value is -1.22. The highest BCUT2D eigenvalue weighted by atomic mass is 32.2. The van der Waals surface area contributed by atoms with E-state index in [0.29, 0.717) is 18.8 Å². The smallest absolute Gasteiger partial charge is 0.246 e. The molecule has 3 N–H and O–H groups in total. The van der Waals surface area contributed by atoms with Gasteiger partial charge >= 0.3 is 0 Å². The van der Waals surface area contributed by atoms with Gasteiger partial charge in [-0.1, -0.05) is 0 Å². The molecule has 7 nitrogen and oxygen atoms in total. The molecule has 0 aromatic carbocycles. The lowest BCUT2D eigenvalue weighted by Crippen LogP contribution is -2.53. The van der Waals surface area contributed by atoms with Crippen LogP contribution in [-0.2, 0) is 14.8 Å². The molecule has 0 aliphatic carbocycles. The summed E-state index contributed by atoms with van der Waals surface area (Å²) in [7, 11) is -3.66. The number of hydrazine groups is 1. The normalized spacial score (nSPS) is 23.5. The quantitative estimate of drug-likeness (QED) is 0.625. The molecule has 1 fully saturated rings. The number of pyridine rings is 1. The molecule has 1 aromatic rings. The minimum absolute atomic E-state index is 0.0763. The molecule has 0 bridgehead atoms. The lowest BCUT2D eigenvalue weighted by atomic mass is 10.1. The van der Waals surface area contributed by atoms with Crippen molar-refractivity contribution in [3.63, 3.8) is 0 Å². The third-order valence-electron chi connectivity index (χ3n) is 3.10. The van der Waals surface area contributed by atoms with E-state index in [9.17, 15) is 8.42 Å². The molecule has 0 radical (unpaired) electrons. The Labute approximate surface area is 119 Å². The van der Waals surface area contributed by atoms with Crippen LogP contribution < -0.4 is 11.3 Å². The highest BCUT2D eigenvalue weighted by molar-refractivity contribution is 7.89. The van der Waals surface area contributed by atoms with Crippen molar-refractivity contribution in [2.24, 2.45) is 5.84 Å². The number of morpholine rings is 1. The molecule has 1 atom stereocenters. The number of anilines is 1. The monoisotopic (exact) mass is 300 g/mol.